The van der Waals surface area contributed by atoms with E-state index in [2.05, 4.69) is 18.7 Å². The molecule has 27 heavy (non-hydrogen) atoms. The molecule has 0 radical (unpaired) electrons. The van der Waals surface area contributed by atoms with Gasteiger partial charge in [0.2, 0.25) is 0 Å². The first-order valence-electron chi connectivity index (χ1n) is 8.44. The summed E-state index contributed by atoms with van der Waals surface area (Å²) in [6, 6.07) is 25.7. The fourth-order valence-electron chi connectivity index (χ4n) is 2.90. The van der Waals surface area contributed by atoms with E-state index in [1.54, 1.807) is 7.11 Å². The highest BCUT2D eigenvalue weighted by Gasteiger charge is 2.13. The molecule has 134 valence electrons. The highest BCUT2D eigenvalue weighted by atomic mass is 35.5. The summed E-state index contributed by atoms with van der Waals surface area (Å²) in [5.41, 5.74) is 4.91. The number of nitrogens with zero attached hydrogens (tertiary/aromatic N) is 2. The molecule has 0 fully saturated rings. The van der Waals surface area contributed by atoms with Crippen LogP contribution in [0.3, 0.4) is 0 Å². The van der Waals surface area contributed by atoms with Crippen molar-refractivity contribution in [2.24, 2.45) is 0 Å². The number of hydrogen-bond acceptors (Lipinski definition) is 3. The summed E-state index contributed by atoms with van der Waals surface area (Å²) in [6.07, 6.45) is 0. The van der Waals surface area contributed by atoms with E-state index in [0.717, 1.165) is 38.8 Å². The molecule has 4 aromatic rings. The van der Waals surface area contributed by atoms with Crippen LogP contribution in [0.15, 0.2) is 83.8 Å². The van der Waals surface area contributed by atoms with Crippen LogP contribution in [0.25, 0.3) is 28.2 Å². The molecular weight excluding hydrogens is 376 g/mol. The first-order chi connectivity index (χ1) is 13.1. The Morgan fingerprint density at radius 2 is 1.48 bits per heavy atom. The maximum Gasteiger partial charge on any atom is 0.118 e. The summed E-state index contributed by atoms with van der Waals surface area (Å²) >= 11 is 10.4. The van der Waals surface area contributed by atoms with Crippen LogP contribution >= 0.6 is 24.2 Å². The zero-order valence-corrected chi connectivity index (χ0v) is 16.3. The highest BCUT2D eigenvalue weighted by Crippen LogP contribution is 2.30. The Hall–Kier alpha value is -2.69. The van der Waals surface area contributed by atoms with Crippen molar-refractivity contribution in [2.45, 2.75) is 4.90 Å². The smallest absolute Gasteiger partial charge is 0.118 e. The van der Waals surface area contributed by atoms with Crippen LogP contribution in [0.1, 0.15) is 0 Å². The number of halogens is 1. The third kappa shape index (κ3) is 3.72. The van der Waals surface area contributed by atoms with Crippen molar-refractivity contribution in [3.63, 3.8) is 0 Å². The van der Waals surface area contributed by atoms with Crippen LogP contribution in [0.4, 0.5) is 0 Å². The van der Waals surface area contributed by atoms with Crippen LogP contribution in [-0.4, -0.2) is 16.9 Å². The summed E-state index contributed by atoms with van der Waals surface area (Å²) < 4.78 is 7.19. The molecule has 0 N–H and O–H groups in total. The minimum absolute atomic E-state index is 0.708. The van der Waals surface area contributed by atoms with Gasteiger partial charge >= 0.3 is 0 Å². The molecule has 5 heteroatoms. The van der Waals surface area contributed by atoms with E-state index in [1.807, 2.05) is 77.5 Å². The molecule has 0 amide bonds. The fraction of sp³-hybridized carbons (Fsp3) is 0.0455. The van der Waals surface area contributed by atoms with Crippen molar-refractivity contribution in [3.05, 3.63) is 83.9 Å². The van der Waals surface area contributed by atoms with E-state index in [9.17, 15) is 0 Å². The van der Waals surface area contributed by atoms with Gasteiger partial charge in [-0.1, -0.05) is 23.7 Å². The van der Waals surface area contributed by atoms with Crippen LogP contribution in [-0.2, 0) is 0 Å². The minimum atomic E-state index is 0.708. The van der Waals surface area contributed by atoms with Gasteiger partial charge in [0.05, 0.1) is 24.2 Å². The minimum Gasteiger partial charge on any atom is -0.497 e. The Morgan fingerprint density at radius 1 is 0.852 bits per heavy atom. The number of methoxy groups -OCH3 is 1. The zero-order chi connectivity index (χ0) is 18.8. The molecular formula is C22H17ClN2OS. The lowest BCUT2D eigenvalue weighted by Gasteiger charge is -2.08. The number of ether oxygens (including phenoxy) is 1. The number of aromatic nitrogens is 2. The maximum atomic E-state index is 6.06. The van der Waals surface area contributed by atoms with Crippen molar-refractivity contribution in [3.8, 4) is 34.0 Å². The molecule has 0 aliphatic carbocycles. The molecule has 0 bridgehead atoms. The summed E-state index contributed by atoms with van der Waals surface area (Å²) in [6.45, 7) is 0. The topological polar surface area (TPSA) is 27.1 Å². The van der Waals surface area contributed by atoms with Crippen molar-refractivity contribution in [2.75, 3.05) is 7.11 Å². The zero-order valence-electron chi connectivity index (χ0n) is 14.6. The number of hydrogen-bond donors (Lipinski definition) is 1. The predicted octanol–water partition coefficient (Wildman–Crippen LogP) is 6.16. The molecule has 0 spiro atoms. The monoisotopic (exact) mass is 392 g/mol. The van der Waals surface area contributed by atoms with Gasteiger partial charge in [0.15, 0.2) is 0 Å². The van der Waals surface area contributed by atoms with Gasteiger partial charge in [-0.05, 0) is 66.7 Å². The summed E-state index contributed by atoms with van der Waals surface area (Å²) in [5, 5.41) is 5.56. The quantitative estimate of drug-likeness (QED) is 0.421. The average Bonchev–Trinajstić information content (AvgIpc) is 3.14. The summed E-state index contributed by atoms with van der Waals surface area (Å²) in [7, 11) is 1.66. The maximum absolute atomic E-state index is 6.06. The number of thiol groups is 1. The second-order valence-electron chi connectivity index (χ2n) is 6.08. The van der Waals surface area contributed by atoms with Crippen LogP contribution in [0.2, 0.25) is 5.02 Å². The first-order valence-corrected chi connectivity index (χ1v) is 9.26. The largest absolute Gasteiger partial charge is 0.497 e. The van der Waals surface area contributed by atoms with Crippen LogP contribution < -0.4 is 4.74 Å². The second kappa shape index (κ2) is 7.51. The third-order valence-electron chi connectivity index (χ3n) is 4.33. The molecule has 0 aliphatic rings. The molecule has 0 aliphatic heterocycles. The van der Waals surface area contributed by atoms with E-state index >= 15 is 0 Å². The lowest BCUT2D eigenvalue weighted by Crippen LogP contribution is -1.99. The highest BCUT2D eigenvalue weighted by molar-refractivity contribution is 7.80. The molecule has 4 rings (SSSR count). The standard InChI is InChI=1S/C22H17ClN2OS/c1-26-19-10-4-15(5-11-19)21-14-22(16-2-6-17(23)7-3-16)25(24-21)18-8-12-20(27)13-9-18/h2-14,27H,1H3. The molecule has 0 saturated carbocycles. The molecule has 0 saturated heterocycles. The lowest BCUT2D eigenvalue weighted by atomic mass is 10.1. The van der Waals surface area contributed by atoms with Crippen molar-refractivity contribution >= 4 is 24.2 Å². The average molecular weight is 393 g/mol. The van der Waals surface area contributed by atoms with E-state index in [-0.39, 0.29) is 0 Å². The first kappa shape index (κ1) is 17.7. The van der Waals surface area contributed by atoms with E-state index in [0.29, 0.717) is 5.02 Å². The SMILES string of the molecule is COc1ccc(-c2cc(-c3ccc(Cl)cc3)n(-c3ccc(S)cc3)n2)cc1. The molecule has 1 heterocycles. The van der Waals surface area contributed by atoms with Gasteiger partial charge in [-0.15, -0.1) is 12.6 Å². The van der Waals surface area contributed by atoms with E-state index in [4.69, 9.17) is 21.4 Å². The molecule has 1 aromatic heterocycles. The van der Waals surface area contributed by atoms with Gasteiger partial charge < -0.3 is 4.74 Å². The number of benzene rings is 3. The van der Waals surface area contributed by atoms with Gasteiger partial charge in [-0.3, -0.25) is 0 Å². The molecule has 0 atom stereocenters. The van der Waals surface area contributed by atoms with Crippen LogP contribution in [0.5, 0.6) is 5.75 Å². The lowest BCUT2D eigenvalue weighted by molar-refractivity contribution is 0.415. The number of rotatable bonds is 4. The van der Waals surface area contributed by atoms with Crippen molar-refractivity contribution in [1.29, 1.82) is 0 Å². The van der Waals surface area contributed by atoms with Crippen molar-refractivity contribution in [1.82, 2.24) is 9.78 Å². The molecule has 3 nitrogen and oxygen atoms in total. The van der Waals surface area contributed by atoms with Gasteiger partial charge in [0.1, 0.15) is 5.75 Å². The van der Waals surface area contributed by atoms with Crippen LogP contribution in [0, 0.1) is 0 Å². The summed E-state index contributed by atoms with van der Waals surface area (Å²) in [4.78, 5) is 0.911. The van der Waals surface area contributed by atoms with Gasteiger partial charge in [0.25, 0.3) is 0 Å². The fourth-order valence-corrected chi connectivity index (χ4v) is 3.18. The van der Waals surface area contributed by atoms with Gasteiger partial charge in [-0.25, -0.2) is 4.68 Å². The second-order valence-corrected chi connectivity index (χ2v) is 7.03. The summed E-state index contributed by atoms with van der Waals surface area (Å²) in [5.74, 6) is 0.820. The van der Waals surface area contributed by atoms with E-state index < -0.39 is 0 Å². The Kier molecular flexibility index (Phi) is 4.92. The molecule has 0 unspecified atom stereocenters. The van der Waals surface area contributed by atoms with Crippen molar-refractivity contribution < 1.29 is 4.74 Å². The predicted molar refractivity (Wildman–Crippen MR) is 113 cm³/mol. The Morgan fingerprint density at radius 3 is 2.11 bits per heavy atom. The van der Waals surface area contributed by atoms with E-state index in [1.165, 1.54) is 0 Å². The Bertz CT molecular complexity index is 992. The Labute approximate surface area is 168 Å². The van der Waals surface area contributed by atoms with Gasteiger partial charge in [0, 0.05) is 21.0 Å². The molecule has 3 aromatic carbocycles. The van der Waals surface area contributed by atoms with Gasteiger partial charge in [-0.2, -0.15) is 5.10 Å². The third-order valence-corrected chi connectivity index (χ3v) is 4.88. The normalized spacial score (nSPS) is 10.8. The Balaban J connectivity index is 1.85.